The summed E-state index contributed by atoms with van der Waals surface area (Å²) in [6.45, 7) is 3.47. The van der Waals surface area contributed by atoms with Gasteiger partial charge < -0.3 is 19.4 Å². The Morgan fingerprint density at radius 3 is 2.74 bits per heavy atom. The average Bonchev–Trinajstić information content (AvgIpc) is 3.27. The van der Waals surface area contributed by atoms with E-state index < -0.39 is 6.04 Å². The summed E-state index contributed by atoms with van der Waals surface area (Å²) in [4.78, 5) is 18.6. The van der Waals surface area contributed by atoms with Gasteiger partial charge in [0.25, 0.3) is 5.89 Å². The zero-order valence-electron chi connectivity index (χ0n) is 15.4. The molecule has 1 spiro atoms. The Hall–Kier alpha value is -2.35. The number of carbonyl (C=O) groups is 1. The zero-order chi connectivity index (χ0) is 19.0. The molecule has 1 aliphatic carbocycles. The van der Waals surface area contributed by atoms with Crippen LogP contribution in [0, 0.1) is 5.41 Å². The molecule has 0 bridgehead atoms. The molecule has 9 heteroatoms. The van der Waals surface area contributed by atoms with E-state index in [-0.39, 0.29) is 23.0 Å². The molecule has 144 valence electrons. The van der Waals surface area contributed by atoms with Crippen LogP contribution < -0.4 is 10.1 Å². The summed E-state index contributed by atoms with van der Waals surface area (Å²) in [5.74, 6) is 0.747. The quantitative estimate of drug-likeness (QED) is 0.783. The van der Waals surface area contributed by atoms with Crippen molar-refractivity contribution >= 4 is 23.5 Å². The maximum atomic E-state index is 12.7. The lowest BCUT2D eigenvalue weighted by atomic mass is 9.93. The maximum Gasteiger partial charge on any atom is 0.316 e. The maximum absolute atomic E-state index is 12.7. The third-order valence-electron chi connectivity index (χ3n) is 5.50. The highest BCUT2D eigenvalue weighted by Crippen LogP contribution is 2.53. The molecule has 0 aromatic carbocycles. The summed E-state index contributed by atoms with van der Waals surface area (Å²) in [6.07, 6.45) is 6.39. The van der Waals surface area contributed by atoms with Crippen molar-refractivity contribution in [2.75, 3.05) is 25.5 Å². The van der Waals surface area contributed by atoms with E-state index in [2.05, 4.69) is 20.5 Å². The summed E-state index contributed by atoms with van der Waals surface area (Å²) >= 11 is 5.93. The number of hydrogen-bond donors (Lipinski definition) is 1. The first-order valence-corrected chi connectivity index (χ1v) is 9.46. The molecule has 2 aliphatic rings. The normalized spacial score (nSPS) is 19.0. The molecule has 1 aliphatic heterocycles. The Balaban J connectivity index is 1.39. The number of nitrogens with zero attached hydrogens (tertiary/aromatic N) is 4. The molecule has 1 saturated carbocycles. The predicted molar refractivity (Wildman–Crippen MR) is 99.7 cm³/mol. The zero-order valence-corrected chi connectivity index (χ0v) is 16.1. The van der Waals surface area contributed by atoms with Crippen molar-refractivity contribution in [2.24, 2.45) is 5.41 Å². The molecule has 2 fully saturated rings. The molecular formula is C18H22ClN5O3. The second kappa shape index (κ2) is 6.99. The van der Waals surface area contributed by atoms with Crippen LogP contribution in [0.15, 0.2) is 16.7 Å². The molecule has 2 aromatic rings. The van der Waals surface area contributed by atoms with Gasteiger partial charge in [-0.15, -0.1) is 5.10 Å². The molecule has 1 N–H and O–H groups in total. The summed E-state index contributed by atoms with van der Waals surface area (Å²) in [6, 6.07) is 1.42. The number of halogens is 1. The van der Waals surface area contributed by atoms with Gasteiger partial charge in [0.05, 0.1) is 12.7 Å². The molecule has 4 rings (SSSR count). The van der Waals surface area contributed by atoms with Gasteiger partial charge in [0.2, 0.25) is 5.91 Å². The minimum absolute atomic E-state index is 0.0556. The smallest absolute Gasteiger partial charge is 0.316 e. The van der Waals surface area contributed by atoms with E-state index in [0.717, 1.165) is 25.9 Å². The van der Waals surface area contributed by atoms with E-state index in [9.17, 15) is 4.79 Å². The van der Waals surface area contributed by atoms with E-state index in [1.165, 1.54) is 26.1 Å². The number of pyridine rings is 1. The Morgan fingerprint density at radius 1 is 1.33 bits per heavy atom. The second-order valence-corrected chi connectivity index (χ2v) is 7.68. The van der Waals surface area contributed by atoms with Crippen molar-refractivity contribution in [2.45, 2.75) is 38.6 Å². The van der Waals surface area contributed by atoms with Gasteiger partial charge in [0.15, 0.2) is 10.9 Å². The number of carbonyl (C=O) groups excluding carboxylic acids is 1. The summed E-state index contributed by atoms with van der Waals surface area (Å²) in [7, 11) is 1.51. The number of likely N-dealkylation sites (tertiary alicyclic amines) is 1. The number of nitrogens with one attached hydrogen (secondary N) is 1. The van der Waals surface area contributed by atoms with E-state index in [1.54, 1.807) is 13.0 Å². The highest BCUT2D eigenvalue weighted by molar-refractivity contribution is 6.30. The van der Waals surface area contributed by atoms with Gasteiger partial charge in [-0.3, -0.25) is 4.79 Å². The minimum atomic E-state index is -0.440. The number of methoxy groups -OCH3 is 1. The molecule has 3 heterocycles. The van der Waals surface area contributed by atoms with Crippen LogP contribution >= 0.6 is 11.6 Å². The van der Waals surface area contributed by atoms with Gasteiger partial charge in [-0.1, -0.05) is 16.7 Å². The van der Waals surface area contributed by atoms with Crippen LogP contribution in [0.4, 0.5) is 6.01 Å². The molecular weight excluding hydrogens is 370 g/mol. The van der Waals surface area contributed by atoms with E-state index in [4.69, 9.17) is 20.8 Å². The topological polar surface area (TPSA) is 93.4 Å². The van der Waals surface area contributed by atoms with Crippen molar-refractivity contribution in [3.8, 4) is 17.2 Å². The molecule has 27 heavy (non-hydrogen) atoms. The van der Waals surface area contributed by atoms with Gasteiger partial charge in [0.1, 0.15) is 6.04 Å². The SMILES string of the molecule is COc1cc(-c2nnc(N[C@@H](C)C(=O)N3CCC4(CC3)CC4)o2)cnc1Cl. The fraction of sp³-hybridized carbons (Fsp3) is 0.556. The molecule has 2 aromatic heterocycles. The van der Waals surface area contributed by atoms with E-state index in [0.29, 0.717) is 16.7 Å². The monoisotopic (exact) mass is 391 g/mol. The Labute approximate surface area is 162 Å². The highest BCUT2D eigenvalue weighted by atomic mass is 35.5. The number of anilines is 1. The fourth-order valence-electron chi connectivity index (χ4n) is 3.49. The molecule has 1 amide bonds. The van der Waals surface area contributed by atoms with Crippen LogP contribution in [0.25, 0.3) is 11.5 Å². The van der Waals surface area contributed by atoms with Gasteiger partial charge in [-0.25, -0.2) is 4.98 Å². The number of piperidine rings is 1. The van der Waals surface area contributed by atoms with Crippen LogP contribution in [-0.2, 0) is 4.79 Å². The van der Waals surface area contributed by atoms with Crippen LogP contribution in [-0.4, -0.2) is 52.2 Å². The Morgan fingerprint density at radius 2 is 2.07 bits per heavy atom. The van der Waals surface area contributed by atoms with Crippen molar-refractivity contribution in [1.29, 1.82) is 0 Å². The predicted octanol–water partition coefficient (Wildman–Crippen LogP) is 3.00. The third-order valence-corrected chi connectivity index (χ3v) is 5.79. The van der Waals surface area contributed by atoms with Gasteiger partial charge in [-0.05, 0) is 44.1 Å². The van der Waals surface area contributed by atoms with Crippen molar-refractivity contribution < 1.29 is 13.9 Å². The largest absolute Gasteiger partial charge is 0.493 e. The molecule has 8 nitrogen and oxygen atoms in total. The highest BCUT2D eigenvalue weighted by Gasteiger charge is 2.45. The number of rotatable bonds is 5. The van der Waals surface area contributed by atoms with Crippen LogP contribution in [0.2, 0.25) is 5.15 Å². The number of aromatic nitrogens is 3. The van der Waals surface area contributed by atoms with Crippen LogP contribution in [0.5, 0.6) is 5.75 Å². The van der Waals surface area contributed by atoms with Gasteiger partial charge in [-0.2, -0.15) is 0 Å². The van der Waals surface area contributed by atoms with Gasteiger partial charge >= 0.3 is 6.01 Å². The lowest BCUT2D eigenvalue weighted by Crippen LogP contribution is -2.45. The minimum Gasteiger partial charge on any atom is -0.493 e. The fourth-order valence-corrected chi connectivity index (χ4v) is 3.67. The van der Waals surface area contributed by atoms with Gasteiger partial charge in [0, 0.05) is 19.3 Å². The average molecular weight is 392 g/mol. The number of ether oxygens (including phenoxy) is 1. The molecule has 0 unspecified atom stereocenters. The Kier molecular flexibility index (Phi) is 4.67. The standard InChI is InChI=1S/C18H22ClN5O3/c1-11(16(25)24-7-5-18(3-4-18)6-8-24)21-17-23-22-15(27-17)12-9-13(26-2)14(19)20-10-12/h9-11H,3-8H2,1-2H3,(H,21,23)/t11-/m0/s1. The van der Waals surface area contributed by atoms with E-state index in [1.807, 2.05) is 4.90 Å². The lowest BCUT2D eigenvalue weighted by Gasteiger charge is -2.33. The third kappa shape index (κ3) is 3.71. The second-order valence-electron chi connectivity index (χ2n) is 7.32. The number of amides is 1. The van der Waals surface area contributed by atoms with Crippen molar-refractivity contribution in [1.82, 2.24) is 20.1 Å². The first-order valence-electron chi connectivity index (χ1n) is 9.08. The lowest BCUT2D eigenvalue weighted by molar-refractivity contribution is -0.133. The first kappa shape index (κ1) is 18.0. The van der Waals surface area contributed by atoms with Crippen LogP contribution in [0.1, 0.15) is 32.6 Å². The van der Waals surface area contributed by atoms with Crippen LogP contribution in [0.3, 0.4) is 0 Å². The van der Waals surface area contributed by atoms with E-state index >= 15 is 0 Å². The molecule has 1 saturated heterocycles. The van der Waals surface area contributed by atoms with Crippen molar-refractivity contribution in [3.63, 3.8) is 0 Å². The Bertz CT molecular complexity index is 841. The molecule has 1 atom stereocenters. The number of hydrogen-bond acceptors (Lipinski definition) is 7. The summed E-state index contributed by atoms with van der Waals surface area (Å²) in [5, 5.41) is 11.2. The summed E-state index contributed by atoms with van der Waals surface area (Å²) < 4.78 is 10.8. The van der Waals surface area contributed by atoms with Crippen molar-refractivity contribution in [3.05, 3.63) is 17.4 Å². The first-order chi connectivity index (χ1) is 13.0. The summed E-state index contributed by atoms with van der Waals surface area (Å²) in [5.41, 5.74) is 1.13. The molecule has 0 radical (unpaired) electrons.